The van der Waals surface area contributed by atoms with Crippen LogP contribution < -0.4 is 10.5 Å². The predicted octanol–water partition coefficient (Wildman–Crippen LogP) is 2.40. The van der Waals surface area contributed by atoms with Gasteiger partial charge in [-0.05, 0) is 18.4 Å². The highest BCUT2D eigenvalue weighted by atomic mass is 35.5. The van der Waals surface area contributed by atoms with E-state index >= 15 is 0 Å². The van der Waals surface area contributed by atoms with E-state index in [2.05, 4.69) is 18.8 Å². The number of nitrogens with two attached hydrogens (primary N) is 1. The van der Waals surface area contributed by atoms with Crippen LogP contribution in [0.5, 0.6) is 5.88 Å². The highest BCUT2D eigenvalue weighted by Crippen LogP contribution is 2.24. The highest BCUT2D eigenvalue weighted by Gasteiger charge is 2.11. The fraction of sp³-hybridized carbons (Fsp3) is 0.545. The van der Waals surface area contributed by atoms with Gasteiger partial charge in [0.2, 0.25) is 5.88 Å². The second-order valence-electron chi connectivity index (χ2n) is 3.89. The van der Waals surface area contributed by atoms with Crippen LogP contribution in [0.4, 0.5) is 0 Å². The van der Waals surface area contributed by atoms with Crippen LogP contribution in [0.3, 0.4) is 0 Å². The Morgan fingerprint density at radius 3 is 2.67 bits per heavy atom. The van der Waals surface area contributed by atoms with Crippen molar-refractivity contribution in [3.05, 3.63) is 22.3 Å². The molecule has 0 bridgehead atoms. The molecule has 0 aliphatic rings. The fourth-order valence-electron chi connectivity index (χ4n) is 1.40. The average molecular weight is 229 g/mol. The zero-order valence-corrected chi connectivity index (χ0v) is 10.1. The Morgan fingerprint density at radius 2 is 2.20 bits per heavy atom. The molecular formula is C11H17ClN2O. The van der Waals surface area contributed by atoms with Gasteiger partial charge in [-0.2, -0.15) is 0 Å². The Morgan fingerprint density at radius 1 is 1.53 bits per heavy atom. The second-order valence-corrected chi connectivity index (χ2v) is 4.29. The van der Waals surface area contributed by atoms with Gasteiger partial charge in [-0.1, -0.05) is 25.4 Å². The topological polar surface area (TPSA) is 48.1 Å². The van der Waals surface area contributed by atoms with E-state index in [0.717, 1.165) is 17.7 Å². The maximum Gasteiger partial charge on any atom is 0.217 e. The van der Waals surface area contributed by atoms with Gasteiger partial charge in [0.05, 0.1) is 17.8 Å². The van der Waals surface area contributed by atoms with Crippen molar-refractivity contribution in [3.63, 3.8) is 0 Å². The van der Waals surface area contributed by atoms with Crippen molar-refractivity contribution in [2.24, 2.45) is 11.7 Å². The Hall–Kier alpha value is -0.800. The molecule has 0 radical (unpaired) electrons. The molecule has 1 heterocycles. The minimum atomic E-state index is 0.387. The van der Waals surface area contributed by atoms with Gasteiger partial charge in [0.25, 0.3) is 0 Å². The Labute approximate surface area is 95.6 Å². The molecule has 4 heteroatoms. The lowest BCUT2D eigenvalue weighted by Gasteiger charge is -2.11. The zero-order valence-electron chi connectivity index (χ0n) is 9.38. The molecule has 0 amide bonds. The van der Waals surface area contributed by atoms with E-state index in [4.69, 9.17) is 22.1 Å². The van der Waals surface area contributed by atoms with Gasteiger partial charge in [0.1, 0.15) is 0 Å². The van der Waals surface area contributed by atoms with Crippen molar-refractivity contribution >= 4 is 11.6 Å². The molecule has 1 aromatic rings. The largest absolute Gasteiger partial charge is 0.481 e. The van der Waals surface area contributed by atoms with Crippen LogP contribution in [-0.2, 0) is 13.0 Å². The molecule has 0 aromatic carbocycles. The summed E-state index contributed by atoms with van der Waals surface area (Å²) >= 11 is 6.11. The molecule has 3 nitrogen and oxygen atoms in total. The maximum atomic E-state index is 6.11. The number of halogens is 1. The average Bonchev–Trinajstić information content (AvgIpc) is 2.19. The van der Waals surface area contributed by atoms with Crippen LogP contribution in [0, 0.1) is 5.92 Å². The summed E-state index contributed by atoms with van der Waals surface area (Å²) in [6, 6.07) is 1.84. The van der Waals surface area contributed by atoms with E-state index < -0.39 is 0 Å². The summed E-state index contributed by atoms with van der Waals surface area (Å²) in [6.45, 7) is 4.64. The Balaban J connectivity index is 3.08. The number of methoxy groups -OCH3 is 1. The highest BCUT2D eigenvalue weighted by molar-refractivity contribution is 6.31. The Kier molecular flexibility index (Phi) is 4.36. The summed E-state index contributed by atoms with van der Waals surface area (Å²) in [7, 11) is 1.59. The van der Waals surface area contributed by atoms with E-state index in [1.165, 1.54) is 0 Å². The first-order valence-corrected chi connectivity index (χ1v) is 5.38. The fourth-order valence-corrected chi connectivity index (χ4v) is 1.65. The second kappa shape index (κ2) is 5.33. The van der Waals surface area contributed by atoms with Gasteiger partial charge >= 0.3 is 0 Å². The third kappa shape index (κ3) is 3.08. The van der Waals surface area contributed by atoms with E-state index in [0.29, 0.717) is 23.4 Å². The first-order chi connectivity index (χ1) is 7.08. The molecule has 0 saturated heterocycles. The third-order valence-corrected chi connectivity index (χ3v) is 2.43. The molecule has 0 fully saturated rings. The summed E-state index contributed by atoms with van der Waals surface area (Å²) in [5.74, 6) is 1.10. The summed E-state index contributed by atoms with van der Waals surface area (Å²) in [5.41, 5.74) is 7.29. The van der Waals surface area contributed by atoms with E-state index in [9.17, 15) is 0 Å². The lowest BCUT2D eigenvalue weighted by molar-refractivity contribution is 0.390. The zero-order chi connectivity index (χ0) is 11.4. The molecule has 0 spiro atoms. The SMILES string of the molecule is COc1nc(CC(C)C)c(Cl)cc1CN. The number of ether oxygens (including phenoxy) is 1. The van der Waals surface area contributed by atoms with Gasteiger partial charge in [0.15, 0.2) is 0 Å². The van der Waals surface area contributed by atoms with Gasteiger partial charge in [-0.3, -0.25) is 0 Å². The lowest BCUT2D eigenvalue weighted by Crippen LogP contribution is -2.06. The van der Waals surface area contributed by atoms with Crippen LogP contribution in [0.2, 0.25) is 5.02 Å². The number of aromatic nitrogens is 1. The van der Waals surface area contributed by atoms with Crippen molar-refractivity contribution < 1.29 is 4.74 Å². The van der Waals surface area contributed by atoms with Crippen LogP contribution in [0.1, 0.15) is 25.1 Å². The minimum Gasteiger partial charge on any atom is -0.481 e. The molecule has 84 valence electrons. The molecule has 2 N–H and O–H groups in total. The lowest BCUT2D eigenvalue weighted by atomic mass is 10.1. The summed E-state index contributed by atoms with van der Waals surface area (Å²) in [6.07, 6.45) is 0.847. The van der Waals surface area contributed by atoms with Crippen molar-refractivity contribution in [2.75, 3.05) is 7.11 Å². The molecule has 0 aliphatic heterocycles. The van der Waals surface area contributed by atoms with E-state index in [1.807, 2.05) is 6.07 Å². The molecule has 0 atom stereocenters. The van der Waals surface area contributed by atoms with Crippen molar-refractivity contribution in [3.8, 4) is 5.88 Å². The van der Waals surface area contributed by atoms with Crippen LogP contribution in [-0.4, -0.2) is 12.1 Å². The van der Waals surface area contributed by atoms with Crippen LogP contribution in [0.25, 0.3) is 0 Å². The van der Waals surface area contributed by atoms with Gasteiger partial charge in [-0.25, -0.2) is 4.98 Å². The molecule has 1 rings (SSSR count). The summed E-state index contributed by atoms with van der Waals surface area (Å²) < 4.78 is 5.16. The van der Waals surface area contributed by atoms with Crippen LogP contribution in [0.15, 0.2) is 6.07 Å². The Bertz CT molecular complexity index is 340. The molecule has 1 aromatic heterocycles. The summed E-state index contributed by atoms with van der Waals surface area (Å²) in [4.78, 5) is 4.37. The van der Waals surface area contributed by atoms with Gasteiger partial charge in [-0.15, -0.1) is 0 Å². The number of rotatable bonds is 4. The van der Waals surface area contributed by atoms with E-state index in [1.54, 1.807) is 7.11 Å². The molecule has 0 saturated carbocycles. The molecule has 0 unspecified atom stereocenters. The standard InChI is InChI=1S/C11H17ClN2O/c1-7(2)4-10-9(12)5-8(6-13)11(14-10)15-3/h5,7H,4,6,13H2,1-3H3. The van der Waals surface area contributed by atoms with Gasteiger partial charge in [0, 0.05) is 12.1 Å². The monoisotopic (exact) mass is 228 g/mol. The predicted molar refractivity (Wildman–Crippen MR) is 62.2 cm³/mol. The van der Waals surface area contributed by atoms with Crippen molar-refractivity contribution in [2.45, 2.75) is 26.8 Å². The minimum absolute atomic E-state index is 0.387. The number of hydrogen-bond acceptors (Lipinski definition) is 3. The quantitative estimate of drug-likeness (QED) is 0.861. The van der Waals surface area contributed by atoms with Crippen molar-refractivity contribution in [1.82, 2.24) is 4.98 Å². The third-order valence-electron chi connectivity index (χ3n) is 2.10. The number of hydrogen-bond donors (Lipinski definition) is 1. The van der Waals surface area contributed by atoms with Crippen LogP contribution >= 0.6 is 11.6 Å². The smallest absolute Gasteiger partial charge is 0.217 e. The molecular weight excluding hydrogens is 212 g/mol. The molecule has 15 heavy (non-hydrogen) atoms. The normalized spacial score (nSPS) is 10.8. The van der Waals surface area contributed by atoms with Crippen molar-refractivity contribution in [1.29, 1.82) is 0 Å². The number of nitrogens with zero attached hydrogens (tertiary/aromatic N) is 1. The summed E-state index contributed by atoms with van der Waals surface area (Å²) in [5, 5.41) is 0.671. The number of pyridine rings is 1. The van der Waals surface area contributed by atoms with E-state index in [-0.39, 0.29) is 0 Å². The van der Waals surface area contributed by atoms with Gasteiger partial charge < -0.3 is 10.5 Å². The first-order valence-electron chi connectivity index (χ1n) is 5.00. The molecule has 0 aliphatic carbocycles. The first kappa shape index (κ1) is 12.3. The maximum absolute atomic E-state index is 6.11.